The Labute approximate surface area is 110 Å². The Morgan fingerprint density at radius 3 is 2.44 bits per heavy atom. The van der Waals surface area contributed by atoms with Crippen molar-refractivity contribution in [1.82, 2.24) is 4.90 Å². The number of hydrogen-bond acceptors (Lipinski definition) is 2. The van der Waals surface area contributed by atoms with Crippen molar-refractivity contribution in [3.63, 3.8) is 0 Å². The van der Waals surface area contributed by atoms with Crippen molar-refractivity contribution < 1.29 is 9.53 Å². The third kappa shape index (κ3) is 4.15. The average molecular weight is 249 g/mol. The lowest BCUT2D eigenvalue weighted by Crippen LogP contribution is -2.32. The van der Waals surface area contributed by atoms with E-state index >= 15 is 0 Å². The summed E-state index contributed by atoms with van der Waals surface area (Å²) < 4.78 is 5.09. The van der Waals surface area contributed by atoms with Crippen molar-refractivity contribution in [2.24, 2.45) is 0 Å². The molecule has 0 aliphatic rings. The SMILES string of the molecule is CCCN(CCC)C(=O)c1cccc(COC)c1. The third-order valence-electron chi connectivity index (χ3n) is 2.76. The van der Waals surface area contributed by atoms with Crippen LogP contribution in [-0.2, 0) is 11.3 Å². The van der Waals surface area contributed by atoms with Gasteiger partial charge < -0.3 is 9.64 Å². The van der Waals surface area contributed by atoms with Gasteiger partial charge in [-0.05, 0) is 30.5 Å². The molecule has 0 radical (unpaired) electrons. The van der Waals surface area contributed by atoms with Gasteiger partial charge in [-0.3, -0.25) is 4.79 Å². The van der Waals surface area contributed by atoms with E-state index in [4.69, 9.17) is 4.74 Å². The van der Waals surface area contributed by atoms with Gasteiger partial charge in [-0.25, -0.2) is 0 Å². The quantitative estimate of drug-likeness (QED) is 0.743. The molecule has 3 heteroatoms. The molecule has 0 aliphatic carbocycles. The van der Waals surface area contributed by atoms with E-state index < -0.39 is 0 Å². The molecule has 0 heterocycles. The lowest BCUT2D eigenvalue weighted by molar-refractivity contribution is 0.0755. The molecular weight excluding hydrogens is 226 g/mol. The van der Waals surface area contributed by atoms with Crippen LogP contribution in [0.2, 0.25) is 0 Å². The van der Waals surface area contributed by atoms with E-state index in [2.05, 4.69) is 13.8 Å². The summed E-state index contributed by atoms with van der Waals surface area (Å²) in [5.74, 6) is 0.122. The Morgan fingerprint density at radius 1 is 1.22 bits per heavy atom. The molecule has 0 N–H and O–H groups in total. The molecule has 1 aromatic carbocycles. The van der Waals surface area contributed by atoms with Gasteiger partial charge in [-0.2, -0.15) is 0 Å². The van der Waals surface area contributed by atoms with Crippen LogP contribution in [0.15, 0.2) is 24.3 Å². The van der Waals surface area contributed by atoms with Gasteiger partial charge in [0.1, 0.15) is 0 Å². The van der Waals surface area contributed by atoms with Crippen LogP contribution in [0.5, 0.6) is 0 Å². The Morgan fingerprint density at radius 2 is 1.89 bits per heavy atom. The molecule has 0 saturated carbocycles. The van der Waals surface area contributed by atoms with Crippen LogP contribution < -0.4 is 0 Å². The summed E-state index contributed by atoms with van der Waals surface area (Å²) >= 11 is 0. The van der Waals surface area contributed by atoms with Crippen molar-refractivity contribution in [2.45, 2.75) is 33.3 Å². The van der Waals surface area contributed by atoms with E-state index in [-0.39, 0.29) is 5.91 Å². The van der Waals surface area contributed by atoms with Gasteiger partial charge in [0.05, 0.1) is 6.61 Å². The number of carbonyl (C=O) groups excluding carboxylic acids is 1. The normalized spacial score (nSPS) is 10.4. The molecule has 1 amide bonds. The molecule has 0 unspecified atom stereocenters. The summed E-state index contributed by atoms with van der Waals surface area (Å²) in [4.78, 5) is 14.3. The molecule has 0 saturated heterocycles. The number of benzene rings is 1. The number of hydrogen-bond donors (Lipinski definition) is 0. The molecule has 3 nitrogen and oxygen atoms in total. The van der Waals surface area contributed by atoms with E-state index in [1.807, 2.05) is 29.2 Å². The van der Waals surface area contributed by atoms with Gasteiger partial charge in [0.25, 0.3) is 5.91 Å². The molecule has 0 atom stereocenters. The van der Waals surface area contributed by atoms with E-state index in [9.17, 15) is 4.79 Å². The zero-order chi connectivity index (χ0) is 13.4. The number of methoxy groups -OCH3 is 1. The molecule has 1 aromatic rings. The van der Waals surface area contributed by atoms with Gasteiger partial charge in [0.2, 0.25) is 0 Å². The maximum atomic E-state index is 12.4. The van der Waals surface area contributed by atoms with Crippen LogP contribution in [-0.4, -0.2) is 31.0 Å². The number of carbonyl (C=O) groups is 1. The molecule has 0 aromatic heterocycles. The minimum absolute atomic E-state index is 0.122. The highest BCUT2D eigenvalue weighted by molar-refractivity contribution is 5.94. The summed E-state index contributed by atoms with van der Waals surface area (Å²) in [7, 11) is 1.66. The Hall–Kier alpha value is -1.35. The fraction of sp³-hybridized carbons (Fsp3) is 0.533. The zero-order valence-corrected chi connectivity index (χ0v) is 11.6. The number of rotatable bonds is 7. The Balaban J connectivity index is 2.82. The first-order valence-corrected chi connectivity index (χ1v) is 6.60. The largest absolute Gasteiger partial charge is 0.380 e. The lowest BCUT2D eigenvalue weighted by Gasteiger charge is -2.21. The highest BCUT2D eigenvalue weighted by Gasteiger charge is 2.14. The van der Waals surface area contributed by atoms with Crippen LogP contribution in [0.1, 0.15) is 42.6 Å². The summed E-state index contributed by atoms with van der Waals surface area (Å²) in [5, 5.41) is 0. The second kappa shape index (κ2) is 7.88. The van der Waals surface area contributed by atoms with E-state index in [1.54, 1.807) is 7.11 Å². The number of nitrogens with zero attached hydrogens (tertiary/aromatic N) is 1. The number of amides is 1. The topological polar surface area (TPSA) is 29.5 Å². The molecule has 0 bridgehead atoms. The van der Waals surface area contributed by atoms with Gasteiger partial charge in [0.15, 0.2) is 0 Å². The standard InChI is InChI=1S/C15H23NO2/c1-4-9-16(10-5-2)15(17)14-8-6-7-13(11-14)12-18-3/h6-8,11H,4-5,9-10,12H2,1-3H3. The van der Waals surface area contributed by atoms with Crippen LogP contribution in [0, 0.1) is 0 Å². The van der Waals surface area contributed by atoms with Gasteiger partial charge in [-0.15, -0.1) is 0 Å². The second-order valence-electron chi connectivity index (χ2n) is 4.43. The first-order chi connectivity index (χ1) is 8.72. The van der Waals surface area contributed by atoms with E-state index in [0.717, 1.165) is 37.1 Å². The van der Waals surface area contributed by atoms with Crippen molar-refractivity contribution in [2.75, 3.05) is 20.2 Å². The molecule has 100 valence electrons. The van der Waals surface area contributed by atoms with E-state index in [1.165, 1.54) is 0 Å². The molecule has 18 heavy (non-hydrogen) atoms. The lowest BCUT2D eigenvalue weighted by atomic mass is 10.1. The van der Waals surface area contributed by atoms with Gasteiger partial charge >= 0.3 is 0 Å². The minimum atomic E-state index is 0.122. The molecule has 0 spiro atoms. The highest BCUT2D eigenvalue weighted by atomic mass is 16.5. The van der Waals surface area contributed by atoms with Crippen molar-refractivity contribution in [1.29, 1.82) is 0 Å². The molecule has 0 aliphatic heterocycles. The number of ether oxygens (including phenoxy) is 1. The summed E-state index contributed by atoms with van der Waals surface area (Å²) in [6, 6.07) is 7.69. The van der Waals surface area contributed by atoms with Crippen LogP contribution in [0.25, 0.3) is 0 Å². The highest BCUT2D eigenvalue weighted by Crippen LogP contribution is 2.10. The Bertz CT molecular complexity index is 371. The van der Waals surface area contributed by atoms with Crippen molar-refractivity contribution in [3.05, 3.63) is 35.4 Å². The van der Waals surface area contributed by atoms with Crippen LogP contribution in [0.4, 0.5) is 0 Å². The molecular formula is C15H23NO2. The maximum absolute atomic E-state index is 12.4. The molecule has 0 fully saturated rings. The minimum Gasteiger partial charge on any atom is -0.380 e. The maximum Gasteiger partial charge on any atom is 0.253 e. The third-order valence-corrected chi connectivity index (χ3v) is 2.76. The summed E-state index contributed by atoms with van der Waals surface area (Å²) in [6.07, 6.45) is 1.98. The fourth-order valence-corrected chi connectivity index (χ4v) is 2.00. The fourth-order valence-electron chi connectivity index (χ4n) is 2.00. The predicted octanol–water partition coefficient (Wildman–Crippen LogP) is 3.10. The molecule has 1 rings (SSSR count). The summed E-state index contributed by atoms with van der Waals surface area (Å²) in [6.45, 7) is 6.37. The smallest absolute Gasteiger partial charge is 0.253 e. The second-order valence-corrected chi connectivity index (χ2v) is 4.43. The van der Waals surface area contributed by atoms with Crippen LogP contribution >= 0.6 is 0 Å². The van der Waals surface area contributed by atoms with Gasteiger partial charge in [0, 0.05) is 25.8 Å². The summed E-state index contributed by atoms with van der Waals surface area (Å²) in [5.41, 5.74) is 1.79. The van der Waals surface area contributed by atoms with Crippen LogP contribution in [0.3, 0.4) is 0 Å². The Kier molecular flexibility index (Phi) is 6.44. The van der Waals surface area contributed by atoms with Crippen molar-refractivity contribution >= 4 is 5.91 Å². The average Bonchev–Trinajstić information content (AvgIpc) is 2.38. The monoisotopic (exact) mass is 249 g/mol. The van der Waals surface area contributed by atoms with Crippen molar-refractivity contribution in [3.8, 4) is 0 Å². The first kappa shape index (κ1) is 14.7. The zero-order valence-electron chi connectivity index (χ0n) is 11.6. The van der Waals surface area contributed by atoms with E-state index in [0.29, 0.717) is 6.61 Å². The predicted molar refractivity (Wildman–Crippen MR) is 73.6 cm³/mol. The first-order valence-electron chi connectivity index (χ1n) is 6.60. The van der Waals surface area contributed by atoms with Gasteiger partial charge in [-0.1, -0.05) is 26.0 Å².